The van der Waals surface area contributed by atoms with Crippen molar-refractivity contribution < 1.29 is 37.3 Å². The Bertz CT molecular complexity index is 1630. The average Bonchev–Trinajstić information content (AvgIpc) is 3.41. The van der Waals surface area contributed by atoms with Gasteiger partial charge in [-0.3, -0.25) is 14.2 Å². The zero-order valence-electron chi connectivity index (χ0n) is 52.3. The van der Waals surface area contributed by atoms with Gasteiger partial charge in [0.05, 0.1) is 33.8 Å². The Kier molecular flexibility index (Phi) is 56.3. The first-order chi connectivity index (χ1) is 38.4. The van der Waals surface area contributed by atoms with Crippen molar-refractivity contribution in [1.29, 1.82) is 0 Å². The van der Waals surface area contributed by atoms with Gasteiger partial charge in [0.15, 0.2) is 0 Å². The number of allylic oxidation sites excluding steroid dienone is 13. The Morgan fingerprint density at radius 2 is 0.810 bits per heavy atom. The van der Waals surface area contributed by atoms with Crippen LogP contribution in [0.2, 0.25) is 0 Å². The number of ether oxygens (including phenoxy) is 1. The molecular weight excluding hydrogens is 1000 g/mol. The number of nitrogens with one attached hydrogen (secondary N) is 1. The summed E-state index contributed by atoms with van der Waals surface area (Å²) < 4.78 is 30.4. The molecule has 3 unspecified atom stereocenters. The number of amides is 1. The van der Waals surface area contributed by atoms with Crippen LogP contribution in [0.3, 0.4) is 0 Å². The van der Waals surface area contributed by atoms with Crippen LogP contribution in [0.25, 0.3) is 0 Å². The second kappa shape index (κ2) is 58.4. The van der Waals surface area contributed by atoms with E-state index in [1.807, 2.05) is 33.3 Å². The van der Waals surface area contributed by atoms with Crippen LogP contribution < -0.4 is 10.2 Å². The first-order valence-electron chi connectivity index (χ1n) is 32.9. The van der Waals surface area contributed by atoms with Gasteiger partial charge in [-0.05, 0) is 83.1 Å². The normalized spacial score (nSPS) is 14.2. The lowest BCUT2D eigenvalue weighted by Gasteiger charge is -2.30. The van der Waals surface area contributed by atoms with Crippen LogP contribution in [-0.4, -0.2) is 69.4 Å². The van der Waals surface area contributed by atoms with Crippen LogP contribution in [0.5, 0.6) is 0 Å². The van der Waals surface area contributed by atoms with E-state index in [9.17, 15) is 19.0 Å². The van der Waals surface area contributed by atoms with Crippen LogP contribution >= 0.6 is 7.82 Å². The van der Waals surface area contributed by atoms with Crippen LogP contribution in [0, 0.1) is 0 Å². The molecule has 0 radical (unpaired) electrons. The third kappa shape index (κ3) is 59.6. The molecule has 0 heterocycles. The van der Waals surface area contributed by atoms with E-state index in [4.69, 9.17) is 13.8 Å². The van der Waals surface area contributed by atoms with E-state index in [1.54, 1.807) is 0 Å². The van der Waals surface area contributed by atoms with Gasteiger partial charge in [-0.1, -0.05) is 280 Å². The molecule has 0 aromatic rings. The van der Waals surface area contributed by atoms with Gasteiger partial charge in [0.2, 0.25) is 5.91 Å². The standard InChI is InChI=1S/C69H125N2O7P/c1-7-10-13-16-19-22-25-28-30-32-33-34-35-36-37-39-40-43-46-49-52-55-58-61-68(72)70-66(65-77-79(74,75)76-64-63-71(4,5)6)67(60-57-54-51-48-45-42-27-24-21-18-15-12-9-3)78-69(73)62-59-56-53-50-47-44-41-38-31-29-26-23-20-17-14-11-8-2/h10,13,19,22,28,30,33-34,36-37,40,43,57,60,66-67H,7-9,11-12,14-18,20-21,23-27,29,31-32,35,38-39,41-42,44-56,58-59,61-65H2,1-6H3,(H-,70,72,74,75)/b13-10-,22-19-,30-28-,34-33-,37-36-,43-40-,60-57-. The molecule has 79 heavy (non-hydrogen) atoms. The summed E-state index contributed by atoms with van der Waals surface area (Å²) in [5, 5.41) is 3.02. The number of phosphoric ester groups is 1. The summed E-state index contributed by atoms with van der Waals surface area (Å²) >= 11 is 0. The van der Waals surface area contributed by atoms with Crippen LogP contribution in [0.1, 0.15) is 290 Å². The number of phosphoric acid groups is 1. The lowest BCUT2D eigenvalue weighted by molar-refractivity contribution is -0.870. The highest BCUT2D eigenvalue weighted by Gasteiger charge is 2.27. The molecule has 1 amide bonds. The first-order valence-corrected chi connectivity index (χ1v) is 34.4. The van der Waals surface area contributed by atoms with Crippen molar-refractivity contribution in [3.8, 4) is 0 Å². The number of unbranched alkanes of at least 4 members (excludes halogenated alkanes) is 31. The van der Waals surface area contributed by atoms with Crippen LogP contribution in [-0.2, 0) is 27.9 Å². The molecule has 0 aromatic carbocycles. The van der Waals surface area contributed by atoms with Crippen molar-refractivity contribution in [1.82, 2.24) is 5.32 Å². The summed E-state index contributed by atoms with van der Waals surface area (Å²) in [7, 11) is 1.17. The van der Waals surface area contributed by atoms with Gasteiger partial charge in [0.1, 0.15) is 19.3 Å². The predicted octanol–water partition coefficient (Wildman–Crippen LogP) is 19.9. The monoisotopic (exact) mass is 1120 g/mol. The second-order valence-corrected chi connectivity index (χ2v) is 24.7. The molecule has 0 rings (SSSR count). The number of nitrogens with zero attached hydrogens (tertiary/aromatic N) is 1. The maximum Gasteiger partial charge on any atom is 0.306 e. The summed E-state index contributed by atoms with van der Waals surface area (Å²) in [6.45, 7) is 6.73. The van der Waals surface area contributed by atoms with Crippen LogP contribution in [0.15, 0.2) is 85.1 Å². The summed E-state index contributed by atoms with van der Waals surface area (Å²) in [4.78, 5) is 40.1. The number of hydrogen-bond donors (Lipinski definition) is 1. The fraction of sp³-hybridized carbons (Fsp3) is 0.768. The molecule has 0 aliphatic rings. The van der Waals surface area contributed by atoms with Crippen molar-refractivity contribution in [3.05, 3.63) is 85.1 Å². The van der Waals surface area contributed by atoms with Crippen molar-refractivity contribution in [2.45, 2.75) is 303 Å². The highest BCUT2D eigenvalue weighted by Crippen LogP contribution is 2.38. The molecular formula is C69H125N2O7P. The molecule has 0 fully saturated rings. The van der Waals surface area contributed by atoms with Gasteiger partial charge < -0.3 is 28.5 Å². The van der Waals surface area contributed by atoms with E-state index in [2.05, 4.69) is 99.0 Å². The molecule has 10 heteroatoms. The largest absolute Gasteiger partial charge is 0.756 e. The molecule has 3 atom stereocenters. The topological polar surface area (TPSA) is 114 Å². The van der Waals surface area contributed by atoms with Crippen molar-refractivity contribution >= 4 is 19.7 Å². The van der Waals surface area contributed by atoms with Gasteiger partial charge >= 0.3 is 5.97 Å². The minimum Gasteiger partial charge on any atom is -0.756 e. The first kappa shape index (κ1) is 76.2. The Balaban J connectivity index is 5.27. The predicted molar refractivity (Wildman–Crippen MR) is 339 cm³/mol. The number of likely N-dealkylation sites (N-methyl/N-ethyl adjacent to an activating group) is 1. The summed E-state index contributed by atoms with van der Waals surface area (Å²) in [5.41, 5.74) is 0. The fourth-order valence-corrected chi connectivity index (χ4v) is 10.0. The van der Waals surface area contributed by atoms with Gasteiger partial charge in [0.25, 0.3) is 7.82 Å². The third-order valence-electron chi connectivity index (χ3n) is 14.3. The zero-order chi connectivity index (χ0) is 57.9. The molecule has 0 aliphatic heterocycles. The number of rotatable bonds is 59. The molecule has 9 nitrogen and oxygen atoms in total. The number of quaternary nitrogens is 1. The lowest BCUT2D eigenvalue weighted by atomic mass is 10.0. The molecule has 0 aliphatic carbocycles. The summed E-state index contributed by atoms with van der Waals surface area (Å²) in [6.07, 6.45) is 76.9. The van der Waals surface area contributed by atoms with E-state index >= 15 is 0 Å². The van der Waals surface area contributed by atoms with Gasteiger partial charge in [-0.25, -0.2) is 0 Å². The van der Waals surface area contributed by atoms with Gasteiger partial charge in [0, 0.05) is 12.8 Å². The molecule has 0 saturated heterocycles. The second-order valence-electron chi connectivity index (χ2n) is 23.2. The molecule has 0 saturated carbocycles. The lowest BCUT2D eigenvalue weighted by Crippen LogP contribution is -2.47. The van der Waals surface area contributed by atoms with E-state index in [-0.39, 0.29) is 31.3 Å². The Hall–Kier alpha value is -2.81. The maximum atomic E-state index is 13.6. The minimum atomic E-state index is -4.71. The van der Waals surface area contributed by atoms with Crippen molar-refractivity contribution in [3.63, 3.8) is 0 Å². The Morgan fingerprint density at radius 1 is 0.456 bits per heavy atom. The quantitative estimate of drug-likeness (QED) is 0.0212. The van der Waals surface area contributed by atoms with E-state index < -0.39 is 26.6 Å². The Labute approximate surface area is 488 Å². The fourth-order valence-electron chi connectivity index (χ4n) is 9.29. The van der Waals surface area contributed by atoms with Gasteiger partial charge in [-0.15, -0.1) is 0 Å². The highest BCUT2D eigenvalue weighted by molar-refractivity contribution is 7.45. The van der Waals surface area contributed by atoms with E-state index in [1.165, 1.54) is 148 Å². The van der Waals surface area contributed by atoms with Gasteiger partial charge in [-0.2, -0.15) is 0 Å². The Morgan fingerprint density at radius 3 is 1.22 bits per heavy atom. The molecule has 0 bridgehead atoms. The number of carbonyl (C=O) groups excluding carboxylic acids is 2. The maximum absolute atomic E-state index is 13.6. The molecule has 458 valence electrons. The summed E-state index contributed by atoms with van der Waals surface area (Å²) in [5.74, 6) is -0.564. The molecule has 0 aromatic heterocycles. The highest BCUT2D eigenvalue weighted by atomic mass is 31.2. The number of hydrogen-bond acceptors (Lipinski definition) is 7. The van der Waals surface area contributed by atoms with E-state index in [0.29, 0.717) is 17.4 Å². The smallest absolute Gasteiger partial charge is 0.306 e. The molecule has 1 N–H and O–H groups in total. The minimum absolute atomic E-state index is 0.0297. The number of esters is 1. The number of carbonyl (C=O) groups is 2. The zero-order valence-corrected chi connectivity index (χ0v) is 53.2. The van der Waals surface area contributed by atoms with Crippen molar-refractivity contribution in [2.24, 2.45) is 0 Å². The van der Waals surface area contributed by atoms with E-state index in [0.717, 1.165) is 103 Å². The van der Waals surface area contributed by atoms with Crippen molar-refractivity contribution in [2.75, 3.05) is 40.9 Å². The summed E-state index contributed by atoms with van der Waals surface area (Å²) in [6, 6.07) is -0.905. The average molecular weight is 1130 g/mol. The SMILES string of the molecule is CC/C=C\C/C=C\C/C=C\C/C=C\C/C=C\C/C=C\CCCCCCC(=O)NC(COP(=O)([O-])OCC[N+](C)(C)C)C(/C=C\CCCCCCCCCCCCC)OC(=O)CCCCCCCCCCCCCCCCCCC. The molecule has 0 spiro atoms. The third-order valence-corrected chi connectivity index (χ3v) is 15.3. The van der Waals surface area contributed by atoms with Crippen LogP contribution in [0.4, 0.5) is 0 Å².